The van der Waals surface area contributed by atoms with E-state index in [9.17, 15) is 5.26 Å². The van der Waals surface area contributed by atoms with Crippen molar-refractivity contribution in [3.63, 3.8) is 0 Å². The van der Waals surface area contributed by atoms with E-state index in [4.69, 9.17) is 15.6 Å². The molecule has 2 aromatic carbocycles. The molecule has 30 heavy (non-hydrogen) atoms. The van der Waals surface area contributed by atoms with Crippen LogP contribution in [0.4, 0.5) is 5.69 Å². The topological polar surface area (TPSA) is 96.9 Å². The molecule has 7 heteroatoms. The minimum atomic E-state index is 0.362. The lowest BCUT2D eigenvalue weighted by Gasteiger charge is -2.13. The number of para-hydroxylation sites is 1. The van der Waals surface area contributed by atoms with Gasteiger partial charge in [0.15, 0.2) is 0 Å². The van der Waals surface area contributed by atoms with Gasteiger partial charge in [-0.05, 0) is 64.5 Å². The van der Waals surface area contributed by atoms with E-state index in [0.29, 0.717) is 28.4 Å². The van der Waals surface area contributed by atoms with Crippen molar-refractivity contribution in [3.05, 3.63) is 89.2 Å². The maximum atomic E-state index is 9.72. The smallest absolute Gasteiger partial charge is 0.127 e. The highest BCUT2D eigenvalue weighted by Crippen LogP contribution is 2.33. The molecule has 2 aromatic heterocycles. The van der Waals surface area contributed by atoms with Crippen molar-refractivity contribution in [1.82, 2.24) is 9.97 Å². The average molecular weight is 458 g/mol. The fourth-order valence-electron chi connectivity index (χ4n) is 2.99. The van der Waals surface area contributed by atoms with Crippen LogP contribution in [0.1, 0.15) is 5.56 Å². The van der Waals surface area contributed by atoms with Gasteiger partial charge in [0.1, 0.15) is 23.1 Å². The van der Waals surface area contributed by atoms with Gasteiger partial charge in [-0.3, -0.25) is 10.8 Å². The summed E-state index contributed by atoms with van der Waals surface area (Å²) >= 11 is 3.42. The lowest BCUT2D eigenvalue weighted by molar-refractivity contribution is 0.483. The number of nitrogens with zero attached hydrogens (tertiary/aromatic N) is 3. The van der Waals surface area contributed by atoms with Gasteiger partial charge in [-0.25, -0.2) is 4.98 Å². The van der Waals surface area contributed by atoms with Gasteiger partial charge in [0.2, 0.25) is 0 Å². The van der Waals surface area contributed by atoms with E-state index in [0.717, 1.165) is 21.3 Å². The number of hydrogen-bond donors (Lipinski definition) is 2. The Kier molecular flexibility index (Phi) is 5.70. The Labute approximate surface area is 182 Å². The van der Waals surface area contributed by atoms with Crippen molar-refractivity contribution < 1.29 is 4.74 Å². The first-order valence-corrected chi connectivity index (χ1v) is 9.83. The molecule has 0 bridgehead atoms. The van der Waals surface area contributed by atoms with Crippen LogP contribution in [0.25, 0.3) is 22.5 Å². The molecule has 0 aliphatic rings. The molecule has 0 fully saturated rings. The number of nitrogens with two attached hydrogens (primary N) is 1. The van der Waals surface area contributed by atoms with Gasteiger partial charge >= 0.3 is 0 Å². The number of hydrogen-bond acceptors (Lipinski definition) is 6. The van der Waals surface area contributed by atoms with Crippen molar-refractivity contribution in [2.45, 2.75) is 0 Å². The van der Waals surface area contributed by atoms with Gasteiger partial charge in [0.05, 0.1) is 17.1 Å². The Morgan fingerprint density at radius 1 is 0.933 bits per heavy atom. The summed E-state index contributed by atoms with van der Waals surface area (Å²) < 4.78 is 6.68. The van der Waals surface area contributed by atoms with Gasteiger partial charge in [-0.1, -0.05) is 18.2 Å². The zero-order chi connectivity index (χ0) is 20.9. The number of nitrogen functional groups attached to an aromatic ring is 1. The fourth-order valence-corrected chi connectivity index (χ4v) is 3.35. The average Bonchev–Trinajstić information content (AvgIpc) is 2.79. The van der Waals surface area contributed by atoms with Crippen molar-refractivity contribution in [2.75, 3.05) is 5.43 Å². The number of nitrogens with one attached hydrogen (secondary N) is 1. The second kappa shape index (κ2) is 8.74. The zero-order valence-electron chi connectivity index (χ0n) is 15.7. The highest BCUT2D eigenvalue weighted by molar-refractivity contribution is 9.10. The molecule has 0 saturated heterocycles. The van der Waals surface area contributed by atoms with Gasteiger partial charge in [0, 0.05) is 28.0 Å². The van der Waals surface area contributed by atoms with Gasteiger partial charge in [-0.2, -0.15) is 5.26 Å². The number of anilines is 1. The minimum Gasteiger partial charge on any atom is -0.457 e. The summed E-state index contributed by atoms with van der Waals surface area (Å²) in [7, 11) is 0. The lowest BCUT2D eigenvalue weighted by Crippen LogP contribution is -2.10. The van der Waals surface area contributed by atoms with Crippen LogP contribution < -0.4 is 16.0 Å². The van der Waals surface area contributed by atoms with Crippen LogP contribution in [-0.4, -0.2) is 9.97 Å². The first-order chi connectivity index (χ1) is 14.7. The Hall–Kier alpha value is -3.73. The van der Waals surface area contributed by atoms with E-state index in [1.807, 2.05) is 60.7 Å². The molecule has 0 amide bonds. The van der Waals surface area contributed by atoms with E-state index in [1.165, 1.54) is 0 Å². The third-order valence-electron chi connectivity index (χ3n) is 4.39. The summed E-state index contributed by atoms with van der Waals surface area (Å²) in [6, 6.07) is 22.8. The Morgan fingerprint density at radius 2 is 1.67 bits per heavy atom. The molecule has 146 valence electrons. The number of halogens is 1. The highest BCUT2D eigenvalue weighted by Gasteiger charge is 2.15. The number of benzene rings is 2. The van der Waals surface area contributed by atoms with Crippen molar-refractivity contribution in [3.8, 4) is 40.1 Å². The zero-order valence-corrected chi connectivity index (χ0v) is 17.3. The van der Waals surface area contributed by atoms with E-state index in [-0.39, 0.29) is 0 Å². The third kappa shape index (κ3) is 4.15. The standard InChI is InChI=1S/C23H16BrN5O/c24-17-10-16(13-27-14-17)21-11-22(29-26)20(12-25)23(28-21)15-6-8-19(9-7-15)30-18-4-2-1-3-5-18/h1-11,13-14H,26H2,(H,28,29). The number of ether oxygens (including phenoxy) is 1. The van der Waals surface area contributed by atoms with E-state index >= 15 is 0 Å². The molecule has 2 heterocycles. The minimum absolute atomic E-state index is 0.362. The van der Waals surface area contributed by atoms with Crippen molar-refractivity contribution in [1.29, 1.82) is 5.26 Å². The predicted octanol–water partition coefficient (Wildman–Crippen LogP) is 5.52. The van der Waals surface area contributed by atoms with E-state index < -0.39 is 0 Å². The highest BCUT2D eigenvalue weighted by atomic mass is 79.9. The maximum Gasteiger partial charge on any atom is 0.127 e. The fraction of sp³-hybridized carbons (Fsp3) is 0. The second-order valence-electron chi connectivity index (χ2n) is 6.37. The van der Waals surface area contributed by atoms with Gasteiger partial charge in [0.25, 0.3) is 0 Å². The van der Waals surface area contributed by atoms with Crippen LogP contribution >= 0.6 is 15.9 Å². The van der Waals surface area contributed by atoms with E-state index in [1.54, 1.807) is 18.5 Å². The number of nitriles is 1. The van der Waals surface area contributed by atoms with Gasteiger partial charge < -0.3 is 10.2 Å². The van der Waals surface area contributed by atoms with Crippen LogP contribution in [0.3, 0.4) is 0 Å². The third-order valence-corrected chi connectivity index (χ3v) is 4.83. The molecule has 6 nitrogen and oxygen atoms in total. The van der Waals surface area contributed by atoms with Crippen LogP contribution in [0.2, 0.25) is 0 Å². The summed E-state index contributed by atoms with van der Waals surface area (Å²) in [4.78, 5) is 8.92. The second-order valence-corrected chi connectivity index (χ2v) is 7.28. The number of aromatic nitrogens is 2. The van der Waals surface area contributed by atoms with Crippen LogP contribution in [-0.2, 0) is 0 Å². The van der Waals surface area contributed by atoms with Crippen LogP contribution in [0.15, 0.2) is 83.6 Å². The Morgan fingerprint density at radius 3 is 2.33 bits per heavy atom. The molecule has 0 spiro atoms. The predicted molar refractivity (Wildman–Crippen MR) is 120 cm³/mol. The van der Waals surface area contributed by atoms with Gasteiger partial charge in [-0.15, -0.1) is 0 Å². The number of hydrazine groups is 1. The Bertz CT molecular complexity index is 1220. The van der Waals surface area contributed by atoms with Crippen molar-refractivity contribution in [2.24, 2.45) is 5.84 Å². The molecule has 0 unspecified atom stereocenters. The Balaban J connectivity index is 1.75. The molecule has 4 aromatic rings. The van der Waals surface area contributed by atoms with E-state index in [2.05, 4.69) is 32.4 Å². The normalized spacial score (nSPS) is 10.3. The maximum absolute atomic E-state index is 9.72. The van der Waals surface area contributed by atoms with Crippen LogP contribution in [0, 0.1) is 11.3 Å². The summed E-state index contributed by atoms with van der Waals surface area (Å²) in [5.41, 5.74) is 6.20. The largest absolute Gasteiger partial charge is 0.457 e. The SMILES string of the molecule is N#Cc1c(NN)cc(-c2cncc(Br)c2)nc1-c1ccc(Oc2ccccc2)cc1. The summed E-state index contributed by atoms with van der Waals surface area (Å²) in [5, 5.41) is 9.72. The van der Waals surface area contributed by atoms with Crippen LogP contribution in [0.5, 0.6) is 11.5 Å². The number of pyridine rings is 2. The quantitative estimate of drug-likeness (QED) is 0.302. The molecule has 0 saturated carbocycles. The lowest BCUT2D eigenvalue weighted by atomic mass is 10.0. The molecule has 0 aliphatic carbocycles. The first kappa shape index (κ1) is 19.6. The molecule has 3 N–H and O–H groups in total. The summed E-state index contributed by atoms with van der Waals surface area (Å²) in [6.07, 6.45) is 3.40. The molecular formula is C23H16BrN5O. The molecule has 0 atom stereocenters. The summed E-state index contributed by atoms with van der Waals surface area (Å²) in [6.45, 7) is 0. The number of rotatable bonds is 5. The van der Waals surface area contributed by atoms with Crippen molar-refractivity contribution >= 4 is 21.6 Å². The first-order valence-electron chi connectivity index (χ1n) is 9.04. The monoisotopic (exact) mass is 457 g/mol. The molecular weight excluding hydrogens is 442 g/mol. The molecule has 0 radical (unpaired) electrons. The summed E-state index contributed by atoms with van der Waals surface area (Å²) in [5.74, 6) is 7.12. The molecule has 4 rings (SSSR count). The molecule has 0 aliphatic heterocycles.